The Balaban J connectivity index is 1.08. The molecule has 0 saturated heterocycles. The minimum absolute atomic E-state index is 0.590. The standard InChI is InChI=1S/C56H36N6/c1-2-16-37(17-3-1)54-58-55(40-20-15-21-42(35-40)61-49-27-8-4-22-44(49)45-23-5-9-28-50(45)61)60-56(59-54)41-31-32-43(38-18-14-19-39(34-38)48-26-12-13-33-57-48)53(36-41)62-51-29-10-6-24-46(51)47-25-7-11-30-52(47)62/h1-36H. The van der Waals surface area contributed by atoms with Gasteiger partial charge < -0.3 is 9.13 Å². The number of fused-ring (bicyclic) bond motifs is 6. The van der Waals surface area contributed by atoms with Gasteiger partial charge in [0.2, 0.25) is 0 Å². The van der Waals surface area contributed by atoms with Crippen LogP contribution in [-0.4, -0.2) is 29.1 Å². The van der Waals surface area contributed by atoms with Gasteiger partial charge in [0.15, 0.2) is 17.5 Å². The number of hydrogen-bond donors (Lipinski definition) is 0. The average Bonchev–Trinajstić information content (AvgIpc) is 3.87. The summed E-state index contributed by atoms with van der Waals surface area (Å²) < 4.78 is 4.71. The molecule has 6 heteroatoms. The van der Waals surface area contributed by atoms with Crippen LogP contribution in [0.4, 0.5) is 0 Å². The molecule has 6 nitrogen and oxygen atoms in total. The molecule has 0 N–H and O–H groups in total. The zero-order valence-corrected chi connectivity index (χ0v) is 33.5. The van der Waals surface area contributed by atoms with Crippen molar-refractivity contribution in [3.8, 4) is 67.9 Å². The van der Waals surface area contributed by atoms with Gasteiger partial charge in [0.1, 0.15) is 0 Å². The highest BCUT2D eigenvalue weighted by Crippen LogP contribution is 2.40. The van der Waals surface area contributed by atoms with Gasteiger partial charge in [0, 0.05) is 61.2 Å². The van der Waals surface area contributed by atoms with Crippen molar-refractivity contribution in [1.29, 1.82) is 0 Å². The van der Waals surface area contributed by atoms with E-state index in [9.17, 15) is 0 Å². The third kappa shape index (κ3) is 5.96. The Kier molecular flexibility index (Phi) is 8.38. The molecule has 12 rings (SSSR count). The van der Waals surface area contributed by atoms with Crippen LogP contribution in [0.25, 0.3) is 112 Å². The van der Waals surface area contributed by atoms with Crippen molar-refractivity contribution in [3.63, 3.8) is 0 Å². The van der Waals surface area contributed by atoms with E-state index in [0.717, 1.165) is 72.5 Å². The first-order valence-electron chi connectivity index (χ1n) is 20.8. The summed E-state index contributed by atoms with van der Waals surface area (Å²) in [4.78, 5) is 20.3. The molecule has 0 atom stereocenters. The SMILES string of the molecule is c1ccc(-c2nc(-c3cccc(-n4c5ccccc5c5ccccc54)c3)nc(-c3ccc(-c4cccc(-c5ccccn5)c4)c(-n4c5ccccc5c5ccccc54)c3)n2)cc1. The van der Waals surface area contributed by atoms with Gasteiger partial charge in [-0.3, -0.25) is 4.98 Å². The fraction of sp³-hybridized carbons (Fsp3) is 0. The average molecular weight is 793 g/mol. The van der Waals surface area contributed by atoms with Gasteiger partial charge in [-0.15, -0.1) is 0 Å². The predicted molar refractivity (Wildman–Crippen MR) is 253 cm³/mol. The molecule has 62 heavy (non-hydrogen) atoms. The molecule has 0 bridgehead atoms. The normalized spacial score (nSPS) is 11.5. The first-order valence-corrected chi connectivity index (χ1v) is 20.8. The van der Waals surface area contributed by atoms with Crippen LogP contribution in [0, 0.1) is 0 Å². The lowest BCUT2D eigenvalue weighted by Gasteiger charge is -2.17. The quantitative estimate of drug-likeness (QED) is 0.161. The lowest BCUT2D eigenvalue weighted by atomic mass is 9.98. The molecule has 0 fully saturated rings. The van der Waals surface area contributed by atoms with Crippen LogP contribution in [0.5, 0.6) is 0 Å². The maximum Gasteiger partial charge on any atom is 0.164 e. The lowest BCUT2D eigenvalue weighted by molar-refractivity contribution is 1.07. The second-order valence-electron chi connectivity index (χ2n) is 15.5. The lowest BCUT2D eigenvalue weighted by Crippen LogP contribution is -2.03. The van der Waals surface area contributed by atoms with Crippen LogP contribution in [0.1, 0.15) is 0 Å². The number of pyridine rings is 1. The van der Waals surface area contributed by atoms with Crippen molar-refractivity contribution in [2.75, 3.05) is 0 Å². The van der Waals surface area contributed by atoms with E-state index in [4.69, 9.17) is 15.0 Å². The topological polar surface area (TPSA) is 61.4 Å². The molecular weight excluding hydrogens is 757 g/mol. The highest BCUT2D eigenvalue weighted by molar-refractivity contribution is 6.10. The van der Waals surface area contributed by atoms with E-state index < -0.39 is 0 Å². The van der Waals surface area contributed by atoms with Gasteiger partial charge >= 0.3 is 0 Å². The summed E-state index contributed by atoms with van der Waals surface area (Å²) in [5.41, 5.74) is 13.4. The molecule has 4 heterocycles. The van der Waals surface area contributed by atoms with E-state index in [1.165, 1.54) is 21.5 Å². The van der Waals surface area contributed by atoms with Crippen LogP contribution in [0.2, 0.25) is 0 Å². The van der Waals surface area contributed by atoms with Crippen LogP contribution >= 0.6 is 0 Å². The minimum Gasteiger partial charge on any atom is -0.309 e. The van der Waals surface area contributed by atoms with E-state index in [2.05, 4.69) is 196 Å². The van der Waals surface area contributed by atoms with Crippen LogP contribution in [0.3, 0.4) is 0 Å². The molecule has 0 aliphatic carbocycles. The van der Waals surface area contributed by atoms with Crippen molar-refractivity contribution in [2.24, 2.45) is 0 Å². The fourth-order valence-electron chi connectivity index (χ4n) is 9.00. The molecule has 12 aromatic rings. The second kappa shape index (κ2) is 14.7. The molecular formula is C56H36N6. The molecule has 0 aliphatic heterocycles. The summed E-state index contributed by atoms with van der Waals surface area (Å²) in [5.74, 6) is 1.80. The van der Waals surface area contributed by atoms with E-state index in [1.807, 2.05) is 36.5 Å². The van der Waals surface area contributed by atoms with Crippen molar-refractivity contribution in [1.82, 2.24) is 29.1 Å². The summed E-state index contributed by atoms with van der Waals surface area (Å²) in [6.07, 6.45) is 1.84. The third-order valence-electron chi connectivity index (χ3n) is 11.8. The minimum atomic E-state index is 0.590. The van der Waals surface area contributed by atoms with E-state index in [-0.39, 0.29) is 0 Å². The number of rotatable bonds is 7. The van der Waals surface area contributed by atoms with E-state index in [1.54, 1.807) is 0 Å². The number of para-hydroxylation sites is 4. The number of hydrogen-bond acceptors (Lipinski definition) is 4. The number of nitrogens with zero attached hydrogens (tertiary/aromatic N) is 6. The van der Waals surface area contributed by atoms with Crippen LogP contribution in [0.15, 0.2) is 219 Å². The van der Waals surface area contributed by atoms with Gasteiger partial charge in [0.05, 0.1) is 33.4 Å². The predicted octanol–water partition coefficient (Wildman–Crippen LogP) is 13.8. The highest BCUT2D eigenvalue weighted by Gasteiger charge is 2.20. The van der Waals surface area contributed by atoms with Crippen molar-refractivity contribution < 1.29 is 0 Å². The molecule has 0 saturated carbocycles. The van der Waals surface area contributed by atoms with E-state index in [0.29, 0.717) is 17.5 Å². The fourth-order valence-corrected chi connectivity index (χ4v) is 9.00. The highest BCUT2D eigenvalue weighted by atomic mass is 15.0. The summed E-state index contributed by atoms with van der Waals surface area (Å²) in [5, 5.41) is 4.82. The molecule has 0 spiro atoms. The van der Waals surface area contributed by atoms with Crippen molar-refractivity contribution in [2.45, 2.75) is 0 Å². The molecule has 0 aliphatic rings. The van der Waals surface area contributed by atoms with Crippen molar-refractivity contribution in [3.05, 3.63) is 219 Å². The Labute approximate surface area is 357 Å². The molecule has 8 aromatic carbocycles. The summed E-state index contributed by atoms with van der Waals surface area (Å²) in [6.45, 7) is 0. The Bertz CT molecular complexity index is 3540. The Morgan fingerprint density at radius 2 is 0.790 bits per heavy atom. The third-order valence-corrected chi connectivity index (χ3v) is 11.8. The largest absolute Gasteiger partial charge is 0.309 e. The molecule has 4 aromatic heterocycles. The Hall–Kier alpha value is -8.48. The monoisotopic (exact) mass is 792 g/mol. The van der Waals surface area contributed by atoms with Crippen LogP contribution in [-0.2, 0) is 0 Å². The van der Waals surface area contributed by atoms with Gasteiger partial charge in [-0.05, 0) is 66.2 Å². The van der Waals surface area contributed by atoms with Gasteiger partial charge in [-0.1, -0.05) is 152 Å². The molecule has 0 radical (unpaired) electrons. The zero-order chi connectivity index (χ0) is 41.0. The van der Waals surface area contributed by atoms with Crippen molar-refractivity contribution >= 4 is 43.6 Å². The summed E-state index contributed by atoms with van der Waals surface area (Å²) >= 11 is 0. The molecule has 290 valence electrons. The number of benzene rings is 8. The second-order valence-corrected chi connectivity index (χ2v) is 15.5. The van der Waals surface area contributed by atoms with Gasteiger partial charge in [0.25, 0.3) is 0 Å². The first-order chi connectivity index (χ1) is 30.7. The first kappa shape index (κ1) is 35.5. The summed E-state index contributed by atoms with van der Waals surface area (Å²) in [6, 6.07) is 74.4. The maximum atomic E-state index is 5.30. The zero-order valence-electron chi connectivity index (χ0n) is 33.5. The van der Waals surface area contributed by atoms with E-state index >= 15 is 0 Å². The molecule has 0 amide bonds. The van der Waals surface area contributed by atoms with Crippen LogP contribution < -0.4 is 0 Å². The summed E-state index contributed by atoms with van der Waals surface area (Å²) in [7, 11) is 0. The Morgan fingerprint density at radius 3 is 1.40 bits per heavy atom. The Morgan fingerprint density at radius 1 is 0.306 bits per heavy atom. The maximum absolute atomic E-state index is 5.30. The molecule has 0 unspecified atom stereocenters. The van der Waals surface area contributed by atoms with Gasteiger partial charge in [-0.25, -0.2) is 15.0 Å². The smallest absolute Gasteiger partial charge is 0.164 e. The van der Waals surface area contributed by atoms with Gasteiger partial charge in [-0.2, -0.15) is 0 Å². The number of aromatic nitrogens is 6.